The molecule has 1 aromatic carbocycles. The molecule has 3 rings (SSSR count). The molecule has 0 amide bonds. The Balaban J connectivity index is 1.66. The molecule has 1 atom stereocenters. The lowest BCUT2D eigenvalue weighted by atomic mass is 9.89. The van der Waals surface area contributed by atoms with Gasteiger partial charge in [-0.1, -0.05) is 41.3 Å². The van der Waals surface area contributed by atoms with Crippen molar-refractivity contribution in [3.05, 3.63) is 28.2 Å². The molecule has 1 unspecified atom stereocenters. The van der Waals surface area contributed by atoms with Crippen molar-refractivity contribution < 1.29 is 4.74 Å². The van der Waals surface area contributed by atoms with E-state index in [4.69, 9.17) is 4.74 Å². The summed E-state index contributed by atoms with van der Waals surface area (Å²) < 4.78 is 6.98. The molecule has 110 valence electrons. The summed E-state index contributed by atoms with van der Waals surface area (Å²) in [7, 11) is 0. The highest BCUT2D eigenvalue weighted by Gasteiger charge is 2.21. The zero-order chi connectivity index (χ0) is 13.8. The van der Waals surface area contributed by atoms with Crippen LogP contribution in [0.5, 0.6) is 5.75 Å². The Labute approximate surface area is 130 Å². The molecule has 1 N–H and O–H groups in total. The molecule has 0 radical (unpaired) electrons. The van der Waals surface area contributed by atoms with E-state index >= 15 is 0 Å². The number of rotatable bonds is 3. The fraction of sp³-hybridized carbons (Fsp3) is 0.647. The molecule has 1 saturated carbocycles. The van der Waals surface area contributed by atoms with Gasteiger partial charge in [-0.05, 0) is 50.3 Å². The number of nitrogens with one attached hydrogen (secondary N) is 1. The second kappa shape index (κ2) is 6.95. The maximum absolute atomic E-state index is 5.88. The van der Waals surface area contributed by atoms with Gasteiger partial charge >= 0.3 is 0 Å². The molecule has 3 heteroatoms. The number of hydrogen-bond acceptors (Lipinski definition) is 2. The molecule has 0 spiro atoms. The third kappa shape index (κ3) is 3.56. The number of fused-ring (bicyclic) bond motifs is 1. The summed E-state index contributed by atoms with van der Waals surface area (Å²) in [4.78, 5) is 0. The minimum absolute atomic E-state index is 0.461. The van der Waals surface area contributed by atoms with Gasteiger partial charge in [-0.3, -0.25) is 0 Å². The first kappa shape index (κ1) is 14.4. The Bertz CT molecular complexity index is 443. The Kier molecular flexibility index (Phi) is 5.00. The van der Waals surface area contributed by atoms with E-state index < -0.39 is 0 Å². The van der Waals surface area contributed by atoms with E-state index in [1.54, 1.807) is 0 Å². The van der Waals surface area contributed by atoms with Gasteiger partial charge in [-0.25, -0.2) is 0 Å². The van der Waals surface area contributed by atoms with Gasteiger partial charge in [0.2, 0.25) is 0 Å². The van der Waals surface area contributed by atoms with Crippen molar-refractivity contribution in [2.45, 2.75) is 51.0 Å². The molecule has 1 aliphatic heterocycles. The van der Waals surface area contributed by atoms with Gasteiger partial charge < -0.3 is 10.1 Å². The molecule has 2 nitrogen and oxygen atoms in total. The van der Waals surface area contributed by atoms with E-state index in [1.807, 2.05) is 0 Å². The third-order valence-electron chi connectivity index (χ3n) is 4.62. The number of ether oxygens (including phenoxy) is 1. The largest absolute Gasteiger partial charge is 0.493 e. The van der Waals surface area contributed by atoms with Gasteiger partial charge in [0.25, 0.3) is 0 Å². The van der Waals surface area contributed by atoms with Crippen LogP contribution in [0.25, 0.3) is 0 Å². The van der Waals surface area contributed by atoms with Crippen LogP contribution in [0.1, 0.15) is 56.6 Å². The zero-order valence-corrected chi connectivity index (χ0v) is 13.6. The second-order valence-corrected chi connectivity index (χ2v) is 7.05. The number of halogens is 1. The van der Waals surface area contributed by atoms with Crippen LogP contribution in [0.4, 0.5) is 0 Å². The van der Waals surface area contributed by atoms with Gasteiger partial charge in [0.1, 0.15) is 5.75 Å². The minimum atomic E-state index is 0.461. The first-order valence-corrected chi connectivity index (χ1v) is 8.78. The van der Waals surface area contributed by atoms with Crippen molar-refractivity contribution in [2.24, 2.45) is 5.92 Å². The van der Waals surface area contributed by atoms with Gasteiger partial charge in [-0.15, -0.1) is 0 Å². The van der Waals surface area contributed by atoms with Crippen LogP contribution < -0.4 is 10.1 Å². The second-order valence-electron chi connectivity index (χ2n) is 6.14. The van der Waals surface area contributed by atoms with E-state index in [-0.39, 0.29) is 0 Å². The van der Waals surface area contributed by atoms with Crippen LogP contribution in [0.15, 0.2) is 22.7 Å². The summed E-state index contributed by atoms with van der Waals surface area (Å²) in [6.45, 7) is 2.01. The first-order chi connectivity index (χ1) is 9.83. The number of hydrogen-bond donors (Lipinski definition) is 1. The summed E-state index contributed by atoms with van der Waals surface area (Å²) >= 11 is 3.54. The molecular weight excluding hydrogens is 314 g/mol. The quantitative estimate of drug-likeness (QED) is 0.852. The minimum Gasteiger partial charge on any atom is -0.493 e. The van der Waals surface area contributed by atoms with Gasteiger partial charge in [-0.2, -0.15) is 0 Å². The van der Waals surface area contributed by atoms with Crippen molar-refractivity contribution in [3.63, 3.8) is 0 Å². The van der Waals surface area contributed by atoms with Crippen molar-refractivity contribution in [1.29, 1.82) is 0 Å². The smallest absolute Gasteiger partial charge is 0.125 e. The molecule has 1 aliphatic carbocycles. The van der Waals surface area contributed by atoms with Crippen LogP contribution in [0.3, 0.4) is 0 Å². The molecule has 0 bridgehead atoms. The molecule has 20 heavy (non-hydrogen) atoms. The first-order valence-electron chi connectivity index (χ1n) is 7.98. The summed E-state index contributed by atoms with van der Waals surface area (Å²) in [6.07, 6.45) is 9.40. The normalized spacial score (nSPS) is 23.8. The monoisotopic (exact) mass is 337 g/mol. The molecule has 1 heterocycles. The fourth-order valence-corrected chi connectivity index (χ4v) is 3.80. The zero-order valence-electron chi connectivity index (χ0n) is 12.0. The lowest BCUT2D eigenvalue weighted by Gasteiger charge is -2.25. The van der Waals surface area contributed by atoms with Gasteiger partial charge in [0.05, 0.1) is 6.61 Å². The van der Waals surface area contributed by atoms with Crippen LogP contribution in [0, 0.1) is 5.92 Å². The topological polar surface area (TPSA) is 21.3 Å². The van der Waals surface area contributed by atoms with Crippen LogP contribution >= 0.6 is 15.9 Å². The van der Waals surface area contributed by atoms with Crippen LogP contribution in [0.2, 0.25) is 0 Å². The van der Waals surface area contributed by atoms with Crippen LogP contribution in [-0.4, -0.2) is 13.2 Å². The standard InChI is InChI=1S/C17H24BrNO/c18-14-8-9-15-16(7-4-10-20-17(15)11-14)19-12-13-5-2-1-3-6-13/h8-9,11,13,16,19H,1-7,10,12H2. The van der Waals surface area contributed by atoms with Crippen molar-refractivity contribution in [3.8, 4) is 5.75 Å². The maximum Gasteiger partial charge on any atom is 0.125 e. The third-order valence-corrected chi connectivity index (χ3v) is 5.12. The summed E-state index contributed by atoms with van der Waals surface area (Å²) in [5.41, 5.74) is 1.33. The summed E-state index contributed by atoms with van der Waals surface area (Å²) in [6, 6.07) is 6.91. The Morgan fingerprint density at radius 1 is 1.10 bits per heavy atom. The van der Waals surface area contributed by atoms with E-state index in [0.29, 0.717) is 6.04 Å². The average molecular weight is 338 g/mol. The van der Waals surface area contributed by atoms with Crippen LogP contribution in [-0.2, 0) is 0 Å². The van der Waals surface area contributed by atoms with Crippen molar-refractivity contribution in [2.75, 3.05) is 13.2 Å². The lowest BCUT2D eigenvalue weighted by molar-refractivity contribution is 0.309. The van der Waals surface area contributed by atoms with Gasteiger partial charge in [0.15, 0.2) is 0 Å². The number of benzene rings is 1. The van der Waals surface area contributed by atoms with E-state index in [0.717, 1.165) is 29.2 Å². The van der Waals surface area contributed by atoms with E-state index in [9.17, 15) is 0 Å². The molecule has 0 aromatic heterocycles. The van der Waals surface area contributed by atoms with Crippen molar-refractivity contribution in [1.82, 2.24) is 5.32 Å². The lowest BCUT2D eigenvalue weighted by Crippen LogP contribution is -2.28. The fourth-order valence-electron chi connectivity index (χ4n) is 3.46. The summed E-state index contributed by atoms with van der Waals surface area (Å²) in [5.74, 6) is 1.94. The highest BCUT2D eigenvalue weighted by Crippen LogP contribution is 2.34. The highest BCUT2D eigenvalue weighted by atomic mass is 79.9. The predicted molar refractivity (Wildman–Crippen MR) is 86.2 cm³/mol. The molecule has 1 aromatic rings. The summed E-state index contributed by atoms with van der Waals surface area (Å²) in [5, 5.41) is 3.81. The Hall–Kier alpha value is -0.540. The molecule has 1 fully saturated rings. The van der Waals surface area contributed by atoms with Crippen molar-refractivity contribution >= 4 is 15.9 Å². The Morgan fingerprint density at radius 2 is 1.95 bits per heavy atom. The van der Waals surface area contributed by atoms with Gasteiger partial charge in [0, 0.05) is 16.1 Å². The molecule has 2 aliphatic rings. The maximum atomic E-state index is 5.88. The molecule has 0 saturated heterocycles. The van der Waals surface area contributed by atoms with E-state index in [1.165, 1.54) is 50.6 Å². The highest BCUT2D eigenvalue weighted by molar-refractivity contribution is 9.10. The van der Waals surface area contributed by atoms with E-state index in [2.05, 4.69) is 39.4 Å². The SMILES string of the molecule is Brc1ccc2c(c1)OCCCC2NCC1CCCCC1. The average Bonchev–Trinajstić information content (AvgIpc) is 2.68. The molecular formula is C17H24BrNO. The predicted octanol–water partition coefficient (Wildman–Crippen LogP) is 4.83. The Morgan fingerprint density at radius 3 is 2.80 bits per heavy atom.